The van der Waals surface area contributed by atoms with Gasteiger partial charge in [0, 0.05) is 13.3 Å². The minimum atomic E-state index is -3.39. The van der Waals surface area contributed by atoms with Gasteiger partial charge >= 0.3 is 6.09 Å². The Morgan fingerprint density at radius 3 is 2.36 bits per heavy atom. The zero-order chi connectivity index (χ0) is 17.1. The molecule has 1 atom stereocenters. The van der Waals surface area contributed by atoms with Crippen molar-refractivity contribution in [3.05, 3.63) is 29.8 Å². The molecule has 1 amide bonds. The molecule has 0 aliphatic rings. The van der Waals surface area contributed by atoms with Gasteiger partial charge in [-0.05, 0) is 38.5 Å². The van der Waals surface area contributed by atoms with Gasteiger partial charge in [-0.2, -0.15) is 0 Å². The summed E-state index contributed by atoms with van der Waals surface area (Å²) in [4.78, 5) is 24.7. The molecule has 0 spiro atoms. The number of aldehydes is 1. The fourth-order valence-electron chi connectivity index (χ4n) is 1.77. The molecule has 122 valence electrons. The Bertz CT molecular complexity index is 661. The van der Waals surface area contributed by atoms with E-state index < -0.39 is 27.6 Å². The summed E-state index contributed by atoms with van der Waals surface area (Å²) in [5.74, 6) is 0. The molecule has 6 nitrogen and oxygen atoms in total. The van der Waals surface area contributed by atoms with Crippen molar-refractivity contribution < 1.29 is 22.7 Å². The fraction of sp³-hybridized carbons (Fsp3) is 0.467. The summed E-state index contributed by atoms with van der Waals surface area (Å²) in [6.45, 7) is 5.16. The summed E-state index contributed by atoms with van der Waals surface area (Å²) in [6.07, 6.45) is 1.000. The minimum Gasteiger partial charge on any atom is -0.444 e. The molecular weight excluding hydrogens is 306 g/mol. The summed E-state index contributed by atoms with van der Waals surface area (Å²) in [5.41, 5.74) is -0.279. The van der Waals surface area contributed by atoms with Crippen LogP contribution in [0.4, 0.5) is 4.79 Å². The van der Waals surface area contributed by atoms with Crippen LogP contribution in [0.2, 0.25) is 0 Å². The van der Waals surface area contributed by atoms with Gasteiger partial charge in [-0.15, -0.1) is 0 Å². The van der Waals surface area contributed by atoms with E-state index in [0.717, 1.165) is 11.2 Å². The van der Waals surface area contributed by atoms with Crippen LogP contribution in [0.3, 0.4) is 0 Å². The van der Waals surface area contributed by atoms with Crippen molar-refractivity contribution in [3.63, 3.8) is 0 Å². The van der Waals surface area contributed by atoms with Gasteiger partial charge in [0.25, 0.3) is 0 Å². The number of carbonyl (C=O) groups is 2. The first-order valence-electron chi connectivity index (χ1n) is 6.67. The molecule has 0 saturated heterocycles. The van der Waals surface area contributed by atoms with E-state index >= 15 is 0 Å². The lowest BCUT2D eigenvalue weighted by Crippen LogP contribution is -2.37. The highest BCUT2D eigenvalue weighted by atomic mass is 32.2. The standard InChI is InChI=1S/C15H21NO5S/c1-15(2,3)21-14(18)16(4)13(10-17)11-7-6-8-12(9-11)22(5,19)20/h6-10,13H,1-5H3. The molecule has 0 aliphatic carbocycles. The van der Waals surface area contributed by atoms with Crippen molar-refractivity contribution in [1.82, 2.24) is 4.90 Å². The highest BCUT2D eigenvalue weighted by Gasteiger charge is 2.26. The quantitative estimate of drug-likeness (QED) is 0.792. The molecule has 0 heterocycles. The molecule has 0 N–H and O–H groups in total. The van der Waals surface area contributed by atoms with Gasteiger partial charge in [-0.1, -0.05) is 12.1 Å². The molecule has 7 heteroatoms. The third-order valence-corrected chi connectivity index (χ3v) is 3.97. The van der Waals surface area contributed by atoms with Crippen LogP contribution < -0.4 is 0 Å². The van der Waals surface area contributed by atoms with Crippen molar-refractivity contribution in [2.24, 2.45) is 0 Å². The topological polar surface area (TPSA) is 80.8 Å². The van der Waals surface area contributed by atoms with Crippen LogP contribution in [0.25, 0.3) is 0 Å². The molecule has 0 aliphatic heterocycles. The van der Waals surface area contributed by atoms with Gasteiger partial charge in [-0.25, -0.2) is 13.2 Å². The second-order valence-electron chi connectivity index (χ2n) is 6.02. The van der Waals surface area contributed by atoms with E-state index in [1.165, 1.54) is 25.2 Å². The van der Waals surface area contributed by atoms with Gasteiger partial charge in [0.05, 0.1) is 4.90 Å². The maximum absolute atomic E-state index is 12.0. The molecule has 1 aromatic carbocycles. The monoisotopic (exact) mass is 327 g/mol. The van der Waals surface area contributed by atoms with Crippen LogP contribution in [0, 0.1) is 0 Å². The van der Waals surface area contributed by atoms with E-state index in [1.807, 2.05) is 0 Å². The van der Waals surface area contributed by atoms with E-state index in [2.05, 4.69) is 0 Å². The van der Waals surface area contributed by atoms with E-state index in [0.29, 0.717) is 11.8 Å². The molecule has 1 rings (SSSR count). The van der Waals surface area contributed by atoms with E-state index in [4.69, 9.17) is 4.74 Å². The summed E-state index contributed by atoms with van der Waals surface area (Å²) in [7, 11) is -1.96. The number of rotatable bonds is 4. The van der Waals surface area contributed by atoms with E-state index in [9.17, 15) is 18.0 Å². The molecule has 0 bridgehead atoms. The lowest BCUT2D eigenvalue weighted by molar-refractivity contribution is -0.112. The second-order valence-corrected chi connectivity index (χ2v) is 8.03. The number of benzene rings is 1. The zero-order valence-corrected chi connectivity index (χ0v) is 14.2. The fourth-order valence-corrected chi connectivity index (χ4v) is 2.45. The van der Waals surface area contributed by atoms with Gasteiger partial charge < -0.3 is 9.53 Å². The first-order chi connectivity index (χ1) is 9.95. The van der Waals surface area contributed by atoms with Crippen LogP contribution in [-0.4, -0.2) is 44.6 Å². The molecule has 1 unspecified atom stereocenters. The predicted molar refractivity (Wildman–Crippen MR) is 82.4 cm³/mol. The number of carbonyl (C=O) groups excluding carboxylic acids is 2. The second kappa shape index (κ2) is 6.48. The maximum Gasteiger partial charge on any atom is 0.410 e. The van der Waals surface area contributed by atoms with Crippen LogP contribution in [0.1, 0.15) is 32.4 Å². The van der Waals surface area contributed by atoms with Gasteiger partial charge in [0.15, 0.2) is 9.84 Å². The summed E-state index contributed by atoms with van der Waals surface area (Å²) in [5, 5.41) is 0. The molecule has 22 heavy (non-hydrogen) atoms. The number of sulfone groups is 1. The minimum absolute atomic E-state index is 0.0921. The number of amides is 1. The van der Waals surface area contributed by atoms with Crippen molar-refractivity contribution in [3.8, 4) is 0 Å². The Kier molecular flexibility index (Phi) is 5.35. The third-order valence-electron chi connectivity index (χ3n) is 2.86. The number of likely N-dealkylation sites (N-methyl/N-ethyl adjacent to an activating group) is 1. The molecule has 0 fully saturated rings. The van der Waals surface area contributed by atoms with Crippen LogP contribution in [0.5, 0.6) is 0 Å². The Hall–Kier alpha value is -1.89. The molecule has 0 saturated carbocycles. The summed E-state index contributed by atoms with van der Waals surface area (Å²) < 4.78 is 28.4. The van der Waals surface area contributed by atoms with Crippen LogP contribution >= 0.6 is 0 Å². The lowest BCUT2D eigenvalue weighted by atomic mass is 10.1. The molecule has 1 aromatic rings. The Balaban J connectivity index is 3.11. The van der Waals surface area contributed by atoms with Gasteiger partial charge in [0.2, 0.25) is 0 Å². The average molecular weight is 327 g/mol. The molecule has 0 radical (unpaired) electrons. The number of hydrogen-bond acceptors (Lipinski definition) is 5. The first-order valence-corrected chi connectivity index (χ1v) is 8.56. The van der Waals surface area contributed by atoms with E-state index in [1.54, 1.807) is 26.8 Å². The maximum atomic E-state index is 12.0. The zero-order valence-electron chi connectivity index (χ0n) is 13.4. The van der Waals surface area contributed by atoms with Crippen LogP contribution in [0.15, 0.2) is 29.2 Å². The lowest BCUT2D eigenvalue weighted by Gasteiger charge is -2.28. The third kappa shape index (κ3) is 4.84. The molecular formula is C15H21NO5S. The Morgan fingerprint density at radius 1 is 1.32 bits per heavy atom. The van der Waals surface area contributed by atoms with Crippen LogP contribution in [-0.2, 0) is 19.4 Å². The van der Waals surface area contributed by atoms with Crippen molar-refractivity contribution in [2.45, 2.75) is 37.3 Å². The molecule has 0 aromatic heterocycles. The van der Waals surface area contributed by atoms with Crippen molar-refractivity contribution >= 4 is 22.2 Å². The normalized spacial score (nSPS) is 13.3. The smallest absolute Gasteiger partial charge is 0.410 e. The first kappa shape index (κ1) is 18.2. The predicted octanol–water partition coefficient (Wildman–Crippen LogP) is 2.20. The largest absolute Gasteiger partial charge is 0.444 e. The van der Waals surface area contributed by atoms with Crippen molar-refractivity contribution in [2.75, 3.05) is 13.3 Å². The van der Waals surface area contributed by atoms with Gasteiger partial charge in [0.1, 0.15) is 17.9 Å². The number of ether oxygens (including phenoxy) is 1. The SMILES string of the molecule is CN(C(=O)OC(C)(C)C)C(C=O)c1cccc(S(C)(=O)=O)c1. The highest BCUT2D eigenvalue weighted by Crippen LogP contribution is 2.22. The van der Waals surface area contributed by atoms with E-state index in [-0.39, 0.29) is 4.90 Å². The number of hydrogen-bond donors (Lipinski definition) is 0. The Morgan fingerprint density at radius 2 is 1.91 bits per heavy atom. The summed E-state index contributed by atoms with van der Waals surface area (Å²) >= 11 is 0. The summed E-state index contributed by atoms with van der Waals surface area (Å²) in [6, 6.07) is 5.03. The highest BCUT2D eigenvalue weighted by molar-refractivity contribution is 7.90. The number of nitrogens with zero attached hydrogens (tertiary/aromatic N) is 1. The average Bonchev–Trinajstić information content (AvgIpc) is 2.37. The van der Waals surface area contributed by atoms with Crippen molar-refractivity contribution in [1.29, 1.82) is 0 Å². The Labute approximate surface area is 131 Å². The van der Waals surface area contributed by atoms with Gasteiger partial charge in [-0.3, -0.25) is 4.90 Å².